The first-order valence-electron chi connectivity index (χ1n) is 4.98. The summed E-state index contributed by atoms with van der Waals surface area (Å²) in [6, 6.07) is 5.53. The Labute approximate surface area is 100 Å². The maximum absolute atomic E-state index is 11.9. The number of nitrogens with two attached hydrogens (primary N) is 2. The Bertz CT molecular complexity index is 513. The van der Waals surface area contributed by atoms with E-state index in [9.17, 15) is 13.2 Å². The fraction of sp³-hybridized carbons (Fsp3) is 0.300. The van der Waals surface area contributed by atoms with Gasteiger partial charge in [0, 0.05) is 12.5 Å². The average Bonchev–Trinajstić information content (AvgIpc) is 2.15. The molecule has 0 fully saturated rings. The highest BCUT2D eigenvalue weighted by Gasteiger charge is 2.20. The van der Waals surface area contributed by atoms with Gasteiger partial charge in [0.2, 0.25) is 15.9 Å². The maximum Gasteiger partial charge on any atom is 0.242 e. The SMILES string of the molecule is CC(CC(N)=O)NS(=O)(=O)c1ccccc1N. The Morgan fingerprint density at radius 2 is 2.00 bits per heavy atom. The fourth-order valence-electron chi connectivity index (χ4n) is 1.40. The van der Waals surface area contributed by atoms with E-state index in [1.54, 1.807) is 19.1 Å². The number of hydrogen-bond acceptors (Lipinski definition) is 4. The Balaban J connectivity index is 2.90. The van der Waals surface area contributed by atoms with Crippen LogP contribution in [-0.2, 0) is 14.8 Å². The molecule has 1 atom stereocenters. The van der Waals surface area contributed by atoms with E-state index in [0.29, 0.717) is 0 Å². The molecule has 5 N–H and O–H groups in total. The molecule has 1 unspecified atom stereocenters. The van der Waals surface area contributed by atoms with Crippen LogP contribution >= 0.6 is 0 Å². The molecule has 0 aliphatic rings. The van der Waals surface area contributed by atoms with Gasteiger partial charge in [0.25, 0.3) is 0 Å². The van der Waals surface area contributed by atoms with Crippen molar-refractivity contribution >= 4 is 21.6 Å². The van der Waals surface area contributed by atoms with Gasteiger partial charge in [0.1, 0.15) is 4.90 Å². The lowest BCUT2D eigenvalue weighted by molar-refractivity contribution is -0.118. The van der Waals surface area contributed by atoms with Gasteiger partial charge < -0.3 is 11.5 Å². The average molecular weight is 257 g/mol. The third-order valence-corrected chi connectivity index (χ3v) is 3.74. The van der Waals surface area contributed by atoms with Crippen LogP contribution in [0.25, 0.3) is 0 Å². The third-order valence-electron chi connectivity index (χ3n) is 2.07. The van der Waals surface area contributed by atoms with E-state index in [-0.39, 0.29) is 17.0 Å². The van der Waals surface area contributed by atoms with Crippen LogP contribution < -0.4 is 16.2 Å². The smallest absolute Gasteiger partial charge is 0.242 e. The van der Waals surface area contributed by atoms with Crippen LogP contribution in [0.15, 0.2) is 29.2 Å². The monoisotopic (exact) mass is 257 g/mol. The van der Waals surface area contributed by atoms with Crippen LogP contribution in [0.2, 0.25) is 0 Å². The van der Waals surface area contributed by atoms with E-state index in [1.807, 2.05) is 0 Å². The number of rotatable bonds is 5. The van der Waals surface area contributed by atoms with Gasteiger partial charge in [-0.1, -0.05) is 12.1 Å². The van der Waals surface area contributed by atoms with Crippen molar-refractivity contribution in [2.75, 3.05) is 5.73 Å². The van der Waals surface area contributed by atoms with Crippen molar-refractivity contribution in [1.82, 2.24) is 4.72 Å². The van der Waals surface area contributed by atoms with Crippen LogP contribution in [0.1, 0.15) is 13.3 Å². The summed E-state index contributed by atoms with van der Waals surface area (Å²) in [4.78, 5) is 10.7. The lowest BCUT2D eigenvalue weighted by Crippen LogP contribution is -2.35. The molecule has 0 saturated carbocycles. The number of primary amides is 1. The third kappa shape index (κ3) is 3.72. The molecule has 0 spiro atoms. The topological polar surface area (TPSA) is 115 Å². The highest BCUT2D eigenvalue weighted by molar-refractivity contribution is 7.89. The lowest BCUT2D eigenvalue weighted by Gasteiger charge is -2.13. The number of carbonyl (C=O) groups excluding carboxylic acids is 1. The zero-order valence-electron chi connectivity index (χ0n) is 9.38. The van der Waals surface area contributed by atoms with E-state index in [2.05, 4.69) is 4.72 Å². The largest absolute Gasteiger partial charge is 0.398 e. The molecule has 0 aliphatic carbocycles. The predicted octanol–water partition coefficient (Wildman–Crippen LogP) is -0.189. The lowest BCUT2D eigenvalue weighted by atomic mass is 10.2. The van der Waals surface area contributed by atoms with Gasteiger partial charge >= 0.3 is 0 Å². The summed E-state index contributed by atoms with van der Waals surface area (Å²) in [5.41, 5.74) is 10.7. The summed E-state index contributed by atoms with van der Waals surface area (Å²) < 4.78 is 26.1. The van der Waals surface area contributed by atoms with Crippen LogP contribution in [0, 0.1) is 0 Å². The van der Waals surface area contributed by atoms with Crippen molar-refractivity contribution in [3.8, 4) is 0 Å². The van der Waals surface area contributed by atoms with Gasteiger partial charge in [-0.25, -0.2) is 13.1 Å². The van der Waals surface area contributed by atoms with Crippen molar-refractivity contribution in [1.29, 1.82) is 0 Å². The van der Waals surface area contributed by atoms with Crippen molar-refractivity contribution < 1.29 is 13.2 Å². The van der Waals surface area contributed by atoms with Crippen molar-refractivity contribution in [3.63, 3.8) is 0 Å². The summed E-state index contributed by atoms with van der Waals surface area (Å²) in [6.45, 7) is 1.56. The van der Waals surface area contributed by atoms with Crippen molar-refractivity contribution in [3.05, 3.63) is 24.3 Å². The molecule has 17 heavy (non-hydrogen) atoms. The molecule has 1 rings (SSSR count). The molecular formula is C10H15N3O3S. The second-order valence-corrected chi connectivity index (χ2v) is 5.41. The zero-order chi connectivity index (χ0) is 13.1. The molecule has 0 saturated heterocycles. The van der Waals surface area contributed by atoms with Crippen LogP contribution in [0.4, 0.5) is 5.69 Å². The summed E-state index contributed by atoms with van der Waals surface area (Å²) in [6.07, 6.45) is -0.0635. The van der Waals surface area contributed by atoms with Gasteiger partial charge in [-0.2, -0.15) is 0 Å². The quantitative estimate of drug-likeness (QED) is 0.634. The number of carbonyl (C=O) groups is 1. The molecule has 1 aromatic rings. The summed E-state index contributed by atoms with van der Waals surface area (Å²) in [5, 5.41) is 0. The summed E-state index contributed by atoms with van der Waals surface area (Å²) >= 11 is 0. The second kappa shape index (κ2) is 5.15. The van der Waals surface area contributed by atoms with Crippen molar-refractivity contribution in [2.24, 2.45) is 5.73 Å². The number of hydrogen-bond donors (Lipinski definition) is 3. The van der Waals surface area contributed by atoms with E-state index < -0.39 is 22.0 Å². The molecule has 0 radical (unpaired) electrons. The van der Waals surface area contributed by atoms with E-state index >= 15 is 0 Å². The highest BCUT2D eigenvalue weighted by atomic mass is 32.2. The summed E-state index contributed by atoms with van der Waals surface area (Å²) in [7, 11) is -3.72. The molecule has 0 aliphatic heterocycles. The molecule has 94 valence electrons. The molecule has 6 nitrogen and oxygen atoms in total. The first-order chi connectivity index (χ1) is 7.83. The fourth-order valence-corrected chi connectivity index (χ4v) is 2.77. The predicted molar refractivity (Wildman–Crippen MR) is 64.4 cm³/mol. The number of sulfonamides is 1. The maximum atomic E-state index is 11.9. The minimum absolute atomic E-state index is 0.00341. The van der Waals surface area contributed by atoms with Crippen LogP contribution in [0.5, 0.6) is 0 Å². The summed E-state index contributed by atoms with van der Waals surface area (Å²) in [5.74, 6) is -0.568. The Morgan fingerprint density at radius 1 is 1.41 bits per heavy atom. The standard InChI is InChI=1S/C10H15N3O3S/c1-7(6-10(12)14)13-17(15,16)9-5-3-2-4-8(9)11/h2-5,7,13H,6,11H2,1H3,(H2,12,14). The van der Waals surface area contributed by atoms with Gasteiger partial charge in [-0.15, -0.1) is 0 Å². The van der Waals surface area contributed by atoms with Gasteiger partial charge in [0.05, 0.1) is 5.69 Å². The number of amides is 1. The first kappa shape index (κ1) is 13.5. The van der Waals surface area contributed by atoms with Gasteiger partial charge in [-0.3, -0.25) is 4.79 Å². The molecular weight excluding hydrogens is 242 g/mol. The van der Waals surface area contributed by atoms with Gasteiger partial charge in [0.15, 0.2) is 0 Å². The Hall–Kier alpha value is -1.60. The number of para-hydroxylation sites is 1. The molecule has 0 bridgehead atoms. The molecule has 0 heterocycles. The minimum Gasteiger partial charge on any atom is -0.398 e. The number of anilines is 1. The number of nitrogens with one attached hydrogen (secondary N) is 1. The molecule has 1 amide bonds. The Morgan fingerprint density at radius 3 is 2.53 bits per heavy atom. The van der Waals surface area contributed by atoms with E-state index in [0.717, 1.165) is 0 Å². The molecule has 7 heteroatoms. The van der Waals surface area contributed by atoms with Crippen LogP contribution in [0.3, 0.4) is 0 Å². The molecule has 1 aromatic carbocycles. The van der Waals surface area contributed by atoms with Gasteiger partial charge in [-0.05, 0) is 19.1 Å². The second-order valence-electron chi connectivity index (χ2n) is 3.73. The molecule has 0 aromatic heterocycles. The number of benzene rings is 1. The normalized spacial score (nSPS) is 13.2. The van der Waals surface area contributed by atoms with Crippen molar-refractivity contribution in [2.45, 2.75) is 24.3 Å². The highest BCUT2D eigenvalue weighted by Crippen LogP contribution is 2.17. The zero-order valence-corrected chi connectivity index (χ0v) is 10.2. The van der Waals surface area contributed by atoms with E-state index in [4.69, 9.17) is 11.5 Å². The first-order valence-corrected chi connectivity index (χ1v) is 6.46. The van der Waals surface area contributed by atoms with Crippen LogP contribution in [-0.4, -0.2) is 20.4 Å². The minimum atomic E-state index is -3.72. The van der Waals surface area contributed by atoms with E-state index in [1.165, 1.54) is 12.1 Å². The number of nitrogen functional groups attached to an aromatic ring is 1. The Kier molecular flexibility index (Phi) is 4.08.